The van der Waals surface area contributed by atoms with Gasteiger partial charge in [-0.3, -0.25) is 0 Å². The van der Waals surface area contributed by atoms with Gasteiger partial charge in [-0.2, -0.15) is 0 Å². The van der Waals surface area contributed by atoms with Crippen LogP contribution in [0.4, 0.5) is 0 Å². The van der Waals surface area contributed by atoms with Crippen LogP contribution in [0.25, 0.3) is 0 Å². The van der Waals surface area contributed by atoms with Gasteiger partial charge in [0.25, 0.3) is 0 Å². The number of sulfone groups is 1. The summed E-state index contributed by atoms with van der Waals surface area (Å²) in [4.78, 5) is 0. The molecule has 0 atom stereocenters. The molecule has 1 heterocycles. The zero-order valence-electron chi connectivity index (χ0n) is 10.8. The Morgan fingerprint density at radius 1 is 1.35 bits per heavy atom. The van der Waals surface area contributed by atoms with Crippen molar-refractivity contribution >= 4 is 9.84 Å². The highest BCUT2D eigenvalue weighted by Gasteiger charge is 2.37. The molecule has 0 fully saturated rings. The van der Waals surface area contributed by atoms with E-state index in [2.05, 4.69) is 10.2 Å². The highest BCUT2D eigenvalue weighted by Crippen LogP contribution is 2.28. The number of nitrogens with two attached hydrogens (primary N) is 1. The maximum atomic E-state index is 11.8. The summed E-state index contributed by atoms with van der Waals surface area (Å²) in [6.45, 7) is 6.22. The van der Waals surface area contributed by atoms with Gasteiger partial charge in [0.2, 0.25) is 0 Å². The first-order valence-corrected chi connectivity index (χ1v) is 7.47. The van der Waals surface area contributed by atoms with Crippen LogP contribution in [0.2, 0.25) is 0 Å². The van der Waals surface area contributed by atoms with Gasteiger partial charge in [-0.25, -0.2) is 8.42 Å². The van der Waals surface area contributed by atoms with E-state index >= 15 is 0 Å². The Morgan fingerprint density at radius 3 is 2.35 bits per heavy atom. The molecule has 0 unspecified atom stereocenters. The summed E-state index contributed by atoms with van der Waals surface area (Å²) in [7, 11) is -3.26. The van der Waals surface area contributed by atoms with Crippen LogP contribution in [0.3, 0.4) is 0 Å². The smallest absolute Gasteiger partial charge is 0.159 e. The van der Waals surface area contributed by atoms with Gasteiger partial charge in [-0.05, 0) is 20.3 Å². The van der Waals surface area contributed by atoms with Gasteiger partial charge in [-0.15, -0.1) is 10.2 Å². The SMILES string of the molecule is CCCn1c(CN)nnc1C(C)(C)S(C)(=O)=O. The third kappa shape index (κ3) is 2.50. The molecule has 0 saturated heterocycles. The zero-order chi connectivity index (χ0) is 13.3. The van der Waals surface area contributed by atoms with Crippen LogP contribution in [0, 0.1) is 0 Å². The van der Waals surface area contributed by atoms with E-state index in [1.165, 1.54) is 6.26 Å². The van der Waals surface area contributed by atoms with E-state index in [1.54, 1.807) is 18.4 Å². The number of hydrogen-bond acceptors (Lipinski definition) is 5. The first kappa shape index (κ1) is 14.1. The molecule has 1 rings (SSSR count). The lowest BCUT2D eigenvalue weighted by atomic mass is 10.2. The molecule has 0 aliphatic carbocycles. The second-order valence-corrected chi connectivity index (χ2v) is 7.14. The largest absolute Gasteiger partial charge is 0.324 e. The second kappa shape index (κ2) is 4.73. The number of rotatable bonds is 5. The van der Waals surface area contributed by atoms with Crippen molar-refractivity contribution in [2.45, 2.75) is 45.0 Å². The van der Waals surface area contributed by atoms with E-state index < -0.39 is 14.6 Å². The predicted molar refractivity (Wildman–Crippen MR) is 66.1 cm³/mol. The van der Waals surface area contributed by atoms with Crippen LogP contribution in [-0.4, -0.2) is 29.4 Å². The summed E-state index contributed by atoms with van der Waals surface area (Å²) < 4.78 is 24.3. The highest BCUT2D eigenvalue weighted by atomic mass is 32.2. The Kier molecular flexibility index (Phi) is 3.93. The Hall–Kier alpha value is -0.950. The van der Waals surface area contributed by atoms with Crippen molar-refractivity contribution in [3.8, 4) is 0 Å². The van der Waals surface area contributed by atoms with Gasteiger partial charge >= 0.3 is 0 Å². The van der Waals surface area contributed by atoms with Gasteiger partial charge in [0, 0.05) is 12.8 Å². The average molecular weight is 260 g/mol. The molecule has 2 N–H and O–H groups in total. The minimum Gasteiger partial charge on any atom is -0.324 e. The Morgan fingerprint density at radius 2 is 1.94 bits per heavy atom. The van der Waals surface area contributed by atoms with Crippen molar-refractivity contribution in [2.75, 3.05) is 6.26 Å². The molecule has 0 spiro atoms. The normalized spacial score (nSPS) is 13.0. The molecule has 0 aromatic carbocycles. The molecule has 0 aliphatic heterocycles. The Labute approximate surface area is 102 Å². The number of nitrogens with zero attached hydrogens (tertiary/aromatic N) is 3. The summed E-state index contributed by atoms with van der Waals surface area (Å²) in [5.74, 6) is 1.08. The fourth-order valence-electron chi connectivity index (χ4n) is 1.56. The van der Waals surface area contributed by atoms with Crippen molar-refractivity contribution in [2.24, 2.45) is 5.73 Å². The maximum absolute atomic E-state index is 11.8. The van der Waals surface area contributed by atoms with E-state index in [0.717, 1.165) is 6.42 Å². The average Bonchev–Trinajstić information content (AvgIpc) is 2.60. The molecule has 0 aliphatic rings. The molecule has 0 radical (unpaired) electrons. The van der Waals surface area contributed by atoms with Crippen molar-refractivity contribution in [1.82, 2.24) is 14.8 Å². The summed E-state index contributed by atoms with van der Waals surface area (Å²) in [6, 6.07) is 0. The van der Waals surface area contributed by atoms with Crippen LogP contribution in [0.5, 0.6) is 0 Å². The first-order chi connectivity index (χ1) is 7.75. The van der Waals surface area contributed by atoms with E-state index in [-0.39, 0.29) is 6.54 Å². The van der Waals surface area contributed by atoms with Gasteiger partial charge in [0.1, 0.15) is 10.6 Å². The van der Waals surface area contributed by atoms with E-state index in [4.69, 9.17) is 5.73 Å². The van der Waals surface area contributed by atoms with Gasteiger partial charge in [-0.1, -0.05) is 6.92 Å². The van der Waals surface area contributed by atoms with E-state index in [9.17, 15) is 8.42 Å². The van der Waals surface area contributed by atoms with Gasteiger partial charge in [0.15, 0.2) is 15.7 Å². The van der Waals surface area contributed by atoms with E-state index in [1.807, 2.05) is 6.92 Å². The maximum Gasteiger partial charge on any atom is 0.159 e. The van der Waals surface area contributed by atoms with Gasteiger partial charge < -0.3 is 10.3 Å². The summed E-state index contributed by atoms with van der Waals surface area (Å²) in [5.41, 5.74) is 5.57. The third-order valence-corrected chi connectivity index (χ3v) is 4.96. The minimum absolute atomic E-state index is 0.257. The summed E-state index contributed by atoms with van der Waals surface area (Å²) in [5, 5.41) is 7.95. The number of aromatic nitrogens is 3. The van der Waals surface area contributed by atoms with Crippen molar-refractivity contribution in [3.63, 3.8) is 0 Å². The third-order valence-electron chi connectivity index (χ3n) is 2.92. The molecule has 0 bridgehead atoms. The highest BCUT2D eigenvalue weighted by molar-refractivity contribution is 7.91. The fourth-order valence-corrected chi connectivity index (χ4v) is 2.04. The Bertz CT molecular complexity index is 490. The fraction of sp³-hybridized carbons (Fsp3) is 0.800. The predicted octanol–water partition coefficient (Wildman–Crippen LogP) is 0.426. The molecular weight excluding hydrogens is 240 g/mol. The topological polar surface area (TPSA) is 90.9 Å². The molecule has 98 valence electrons. The Balaban J connectivity index is 3.36. The summed E-state index contributed by atoms with van der Waals surface area (Å²) >= 11 is 0. The second-order valence-electron chi connectivity index (χ2n) is 4.58. The first-order valence-electron chi connectivity index (χ1n) is 5.58. The quantitative estimate of drug-likeness (QED) is 0.828. The number of hydrogen-bond donors (Lipinski definition) is 1. The standard InChI is InChI=1S/C10H20N4O2S/c1-5-6-14-8(7-11)12-13-9(14)10(2,3)17(4,15)16/h5-7,11H2,1-4H3. The minimum atomic E-state index is -3.26. The van der Waals surface area contributed by atoms with E-state index in [0.29, 0.717) is 18.2 Å². The molecular formula is C10H20N4O2S. The lowest BCUT2D eigenvalue weighted by Crippen LogP contribution is -2.32. The lowest BCUT2D eigenvalue weighted by molar-refractivity contribution is 0.519. The van der Waals surface area contributed by atoms with Crippen molar-refractivity contribution in [3.05, 3.63) is 11.6 Å². The van der Waals surface area contributed by atoms with Crippen LogP contribution >= 0.6 is 0 Å². The zero-order valence-corrected chi connectivity index (χ0v) is 11.6. The van der Waals surface area contributed by atoms with Gasteiger partial charge in [0.05, 0.1) is 6.54 Å². The summed E-state index contributed by atoms with van der Waals surface area (Å²) in [6.07, 6.45) is 2.08. The molecule has 0 amide bonds. The lowest BCUT2D eigenvalue weighted by Gasteiger charge is -2.22. The molecule has 6 nitrogen and oxygen atoms in total. The molecule has 1 aromatic rings. The van der Waals surface area contributed by atoms with Crippen LogP contribution in [-0.2, 0) is 27.7 Å². The monoisotopic (exact) mass is 260 g/mol. The van der Waals surface area contributed by atoms with Crippen LogP contribution in [0.1, 0.15) is 38.8 Å². The molecule has 0 saturated carbocycles. The van der Waals surface area contributed by atoms with Crippen LogP contribution in [0.15, 0.2) is 0 Å². The molecule has 7 heteroatoms. The molecule has 17 heavy (non-hydrogen) atoms. The van der Waals surface area contributed by atoms with Crippen LogP contribution < -0.4 is 5.73 Å². The molecule has 1 aromatic heterocycles. The van der Waals surface area contributed by atoms with Crippen molar-refractivity contribution < 1.29 is 8.42 Å². The van der Waals surface area contributed by atoms with Crippen molar-refractivity contribution in [1.29, 1.82) is 0 Å².